The van der Waals surface area contributed by atoms with Gasteiger partial charge in [-0.15, -0.1) is 0 Å². The van der Waals surface area contributed by atoms with Crippen LogP contribution in [0.5, 0.6) is 0 Å². The molecular weight excluding hydrogens is 470 g/mol. The van der Waals surface area contributed by atoms with E-state index in [-0.39, 0.29) is 0 Å². The van der Waals surface area contributed by atoms with Gasteiger partial charge in [-0.05, 0) is 57.0 Å². The van der Waals surface area contributed by atoms with E-state index in [0.29, 0.717) is 28.9 Å². The van der Waals surface area contributed by atoms with Crippen molar-refractivity contribution < 1.29 is 4.52 Å². The van der Waals surface area contributed by atoms with Gasteiger partial charge in [-0.25, -0.2) is 4.98 Å². The SMILES string of the molecule is Cc1onc(-c2ccccc2)c1NC(=S)N[C@H]1CC[C@@H](Nc2nc(N(C)C)c3ccccc3n2)CC1. The zero-order valence-electron chi connectivity index (χ0n) is 20.8. The lowest BCUT2D eigenvalue weighted by molar-refractivity contribution is 0.387. The maximum Gasteiger partial charge on any atom is 0.225 e. The summed E-state index contributed by atoms with van der Waals surface area (Å²) in [6, 6.07) is 18.7. The molecule has 36 heavy (non-hydrogen) atoms. The van der Waals surface area contributed by atoms with E-state index in [1.807, 2.05) is 74.4 Å². The number of para-hydroxylation sites is 1. The summed E-state index contributed by atoms with van der Waals surface area (Å²) in [6.07, 6.45) is 4.02. The number of rotatable bonds is 6. The van der Waals surface area contributed by atoms with Crippen molar-refractivity contribution in [2.75, 3.05) is 29.6 Å². The number of aromatic nitrogens is 3. The van der Waals surface area contributed by atoms with E-state index in [4.69, 9.17) is 26.7 Å². The van der Waals surface area contributed by atoms with E-state index >= 15 is 0 Å². The normalized spacial score (nSPS) is 17.5. The summed E-state index contributed by atoms with van der Waals surface area (Å²) in [4.78, 5) is 11.6. The number of hydrogen-bond acceptors (Lipinski definition) is 7. The number of benzene rings is 2. The second-order valence-electron chi connectivity index (χ2n) is 9.40. The fraction of sp³-hybridized carbons (Fsp3) is 0.333. The largest absolute Gasteiger partial charge is 0.362 e. The van der Waals surface area contributed by atoms with Gasteiger partial charge in [0.2, 0.25) is 5.95 Å². The van der Waals surface area contributed by atoms with Gasteiger partial charge in [0.1, 0.15) is 17.2 Å². The molecule has 1 aliphatic carbocycles. The summed E-state index contributed by atoms with van der Waals surface area (Å²) in [5.41, 5.74) is 3.50. The summed E-state index contributed by atoms with van der Waals surface area (Å²) >= 11 is 5.64. The van der Waals surface area contributed by atoms with Gasteiger partial charge in [-0.2, -0.15) is 4.98 Å². The summed E-state index contributed by atoms with van der Waals surface area (Å²) < 4.78 is 5.44. The molecule has 0 unspecified atom stereocenters. The van der Waals surface area contributed by atoms with Crippen LogP contribution in [0.3, 0.4) is 0 Å². The van der Waals surface area contributed by atoms with Gasteiger partial charge in [0, 0.05) is 37.1 Å². The zero-order valence-corrected chi connectivity index (χ0v) is 21.6. The van der Waals surface area contributed by atoms with E-state index in [2.05, 4.69) is 27.2 Å². The molecule has 186 valence electrons. The molecular formula is C27H31N7OS. The first-order valence-electron chi connectivity index (χ1n) is 12.3. The maximum absolute atomic E-state index is 5.64. The molecule has 9 heteroatoms. The minimum Gasteiger partial charge on any atom is -0.362 e. The number of anilines is 3. The molecule has 1 fully saturated rings. The van der Waals surface area contributed by atoms with E-state index < -0.39 is 0 Å². The van der Waals surface area contributed by atoms with Crippen LogP contribution in [-0.2, 0) is 0 Å². The second kappa shape index (κ2) is 10.5. The molecule has 8 nitrogen and oxygen atoms in total. The number of aryl methyl sites for hydroxylation is 1. The van der Waals surface area contributed by atoms with Crippen molar-refractivity contribution in [1.82, 2.24) is 20.4 Å². The number of hydrogen-bond donors (Lipinski definition) is 3. The second-order valence-corrected chi connectivity index (χ2v) is 9.81. The van der Waals surface area contributed by atoms with Crippen molar-refractivity contribution in [1.29, 1.82) is 0 Å². The van der Waals surface area contributed by atoms with Crippen molar-refractivity contribution in [3.8, 4) is 11.3 Å². The van der Waals surface area contributed by atoms with Crippen molar-refractivity contribution >= 4 is 45.7 Å². The molecule has 0 radical (unpaired) electrons. The van der Waals surface area contributed by atoms with Crippen LogP contribution in [0.25, 0.3) is 22.2 Å². The number of nitrogens with one attached hydrogen (secondary N) is 3. The Kier molecular flexibility index (Phi) is 6.99. The van der Waals surface area contributed by atoms with Gasteiger partial charge in [0.15, 0.2) is 10.9 Å². The third-order valence-corrected chi connectivity index (χ3v) is 6.77. The molecule has 5 rings (SSSR count). The quantitative estimate of drug-likeness (QED) is 0.302. The predicted molar refractivity (Wildman–Crippen MR) is 150 cm³/mol. The number of thiocarbonyl (C=S) groups is 1. The van der Waals surface area contributed by atoms with E-state index in [1.165, 1.54) is 0 Å². The highest BCUT2D eigenvalue weighted by molar-refractivity contribution is 7.80. The fourth-order valence-corrected chi connectivity index (χ4v) is 4.95. The Hall–Kier alpha value is -3.72. The smallest absolute Gasteiger partial charge is 0.225 e. The Morgan fingerprint density at radius 1 is 0.944 bits per heavy atom. The lowest BCUT2D eigenvalue weighted by Gasteiger charge is -2.30. The van der Waals surface area contributed by atoms with Gasteiger partial charge in [-0.3, -0.25) is 0 Å². The highest BCUT2D eigenvalue weighted by Gasteiger charge is 2.24. The molecule has 2 heterocycles. The standard InChI is InChI=1S/C27H31N7OS/c1-17-23(24(33-35-17)18-9-5-4-6-10-18)31-27(36)29-20-15-13-19(14-16-20)28-26-30-22-12-8-7-11-21(22)25(32-26)34(2)3/h4-12,19-20H,13-16H2,1-3H3,(H,28,30,32)(H2,29,31,36)/t19-,20+. The summed E-state index contributed by atoms with van der Waals surface area (Å²) in [5.74, 6) is 2.31. The van der Waals surface area contributed by atoms with Crippen LogP contribution in [0.4, 0.5) is 17.5 Å². The molecule has 0 saturated heterocycles. The van der Waals surface area contributed by atoms with E-state index in [1.54, 1.807) is 0 Å². The van der Waals surface area contributed by atoms with Crippen LogP contribution in [0, 0.1) is 6.92 Å². The minimum atomic E-state index is 0.304. The number of nitrogens with zero attached hydrogens (tertiary/aromatic N) is 4. The van der Waals surface area contributed by atoms with Crippen LogP contribution in [0.1, 0.15) is 31.4 Å². The average molecular weight is 502 g/mol. The summed E-state index contributed by atoms with van der Waals surface area (Å²) in [6.45, 7) is 1.89. The zero-order chi connectivity index (χ0) is 25.1. The maximum atomic E-state index is 5.64. The molecule has 0 aliphatic heterocycles. The highest BCUT2D eigenvalue weighted by Crippen LogP contribution is 2.30. The van der Waals surface area contributed by atoms with Crippen molar-refractivity contribution in [2.45, 2.75) is 44.7 Å². The van der Waals surface area contributed by atoms with Gasteiger partial charge < -0.3 is 25.4 Å². The fourth-order valence-electron chi connectivity index (χ4n) is 4.68. The Balaban J connectivity index is 1.18. The molecule has 0 amide bonds. The first-order chi connectivity index (χ1) is 17.5. The average Bonchev–Trinajstić information content (AvgIpc) is 3.24. The Morgan fingerprint density at radius 2 is 1.64 bits per heavy atom. The van der Waals surface area contributed by atoms with Crippen LogP contribution >= 0.6 is 12.2 Å². The summed E-state index contributed by atoms with van der Waals surface area (Å²) in [7, 11) is 4.02. The van der Waals surface area contributed by atoms with Gasteiger partial charge in [-0.1, -0.05) is 47.6 Å². The van der Waals surface area contributed by atoms with Gasteiger partial charge in [0.05, 0.1) is 5.52 Å². The van der Waals surface area contributed by atoms with Gasteiger partial charge in [0.25, 0.3) is 0 Å². The topological polar surface area (TPSA) is 91.1 Å². The summed E-state index contributed by atoms with van der Waals surface area (Å²) in [5, 5.41) is 16.2. The predicted octanol–water partition coefficient (Wildman–Crippen LogP) is 5.37. The third-order valence-electron chi connectivity index (χ3n) is 6.55. The Bertz CT molecular complexity index is 1350. The molecule has 0 atom stereocenters. The first-order valence-corrected chi connectivity index (χ1v) is 12.7. The number of fused-ring (bicyclic) bond motifs is 1. The van der Waals surface area contributed by atoms with Crippen LogP contribution in [0.2, 0.25) is 0 Å². The molecule has 2 aromatic heterocycles. The molecule has 1 aliphatic rings. The van der Waals surface area contributed by atoms with Crippen LogP contribution < -0.4 is 20.9 Å². The van der Waals surface area contributed by atoms with Crippen molar-refractivity contribution in [2.24, 2.45) is 0 Å². The Labute approximate surface area is 216 Å². The van der Waals surface area contributed by atoms with Crippen LogP contribution in [-0.4, -0.2) is 46.4 Å². The lowest BCUT2D eigenvalue weighted by Crippen LogP contribution is -2.42. The first kappa shape index (κ1) is 24.0. The molecule has 0 bridgehead atoms. The Morgan fingerprint density at radius 3 is 2.39 bits per heavy atom. The minimum absolute atomic E-state index is 0.304. The van der Waals surface area contributed by atoms with Gasteiger partial charge >= 0.3 is 0 Å². The third kappa shape index (κ3) is 5.26. The molecule has 3 N–H and O–H groups in total. The van der Waals surface area contributed by atoms with Crippen LogP contribution in [0.15, 0.2) is 59.1 Å². The molecule has 0 spiro atoms. The monoisotopic (exact) mass is 501 g/mol. The molecule has 2 aromatic carbocycles. The highest BCUT2D eigenvalue weighted by atomic mass is 32.1. The van der Waals surface area contributed by atoms with E-state index in [9.17, 15) is 0 Å². The molecule has 4 aromatic rings. The van der Waals surface area contributed by atoms with Crippen molar-refractivity contribution in [3.05, 3.63) is 60.4 Å². The van der Waals surface area contributed by atoms with E-state index in [0.717, 1.165) is 59.3 Å². The van der Waals surface area contributed by atoms with Crippen molar-refractivity contribution in [3.63, 3.8) is 0 Å². The lowest BCUT2D eigenvalue weighted by atomic mass is 9.91. The molecule has 1 saturated carbocycles.